The Kier molecular flexibility index (Phi) is 62.7. The molecule has 1 unspecified atom stereocenters. The van der Waals surface area contributed by atoms with Crippen LogP contribution in [0.1, 0.15) is 342 Å². The van der Waals surface area contributed by atoms with Crippen molar-refractivity contribution >= 4 is 17.9 Å². The largest absolute Gasteiger partial charge is 0.462 e. The minimum atomic E-state index is -0.779. The summed E-state index contributed by atoms with van der Waals surface area (Å²) in [6.07, 6.45) is 85.0. The van der Waals surface area contributed by atoms with Crippen molar-refractivity contribution in [2.75, 3.05) is 13.2 Å². The molecule has 0 rings (SSSR count). The number of carbonyl (C=O) groups excluding carboxylic acids is 3. The van der Waals surface area contributed by atoms with Crippen molar-refractivity contribution in [1.82, 2.24) is 0 Å². The van der Waals surface area contributed by atoms with Crippen LogP contribution in [0.15, 0.2) is 72.9 Å². The molecule has 0 radical (unpaired) electrons. The Labute approximate surface area is 478 Å². The lowest BCUT2D eigenvalue weighted by atomic mass is 10.0. The SMILES string of the molecule is CC/C=C\C/C=C\C/C=C\C/C=C\C/C=C\C/C=C\CCCCCCCCC(=O)OCC(COC(=O)CCCCCCCCCCC)OC(=O)CCCCCCCCCCCCCCCCCCCCCCCCCCC. The van der Waals surface area contributed by atoms with Crippen LogP contribution in [0.25, 0.3) is 0 Å². The minimum absolute atomic E-state index is 0.0761. The molecule has 0 aromatic rings. The minimum Gasteiger partial charge on any atom is -0.462 e. The van der Waals surface area contributed by atoms with Gasteiger partial charge in [-0.3, -0.25) is 14.4 Å². The first kappa shape index (κ1) is 73.8. The van der Waals surface area contributed by atoms with E-state index in [0.717, 1.165) is 103 Å². The third-order valence-electron chi connectivity index (χ3n) is 14.7. The molecular weight excluding hydrogens is 949 g/mol. The number of unbranched alkanes of at least 4 members (excludes halogenated alkanes) is 38. The van der Waals surface area contributed by atoms with Gasteiger partial charge in [0.25, 0.3) is 0 Å². The first-order chi connectivity index (χ1) is 38.0. The Morgan fingerprint density at radius 2 is 0.506 bits per heavy atom. The molecule has 0 aliphatic rings. The highest BCUT2D eigenvalue weighted by Gasteiger charge is 2.19. The van der Waals surface area contributed by atoms with E-state index < -0.39 is 6.10 Å². The summed E-state index contributed by atoms with van der Waals surface area (Å²) in [6, 6.07) is 0. The molecule has 6 heteroatoms. The highest BCUT2D eigenvalue weighted by Crippen LogP contribution is 2.18. The van der Waals surface area contributed by atoms with Crippen LogP contribution in [0.3, 0.4) is 0 Å². The summed E-state index contributed by atoms with van der Waals surface area (Å²) in [5, 5.41) is 0. The Balaban J connectivity index is 4.20. The number of carbonyl (C=O) groups is 3. The van der Waals surface area contributed by atoms with Gasteiger partial charge in [0.1, 0.15) is 13.2 Å². The van der Waals surface area contributed by atoms with Crippen molar-refractivity contribution in [2.24, 2.45) is 0 Å². The normalized spacial score (nSPS) is 12.5. The van der Waals surface area contributed by atoms with Gasteiger partial charge in [-0.05, 0) is 70.6 Å². The second-order valence-electron chi connectivity index (χ2n) is 22.4. The van der Waals surface area contributed by atoms with E-state index in [0.29, 0.717) is 19.3 Å². The molecule has 1 atom stereocenters. The van der Waals surface area contributed by atoms with Gasteiger partial charge in [-0.25, -0.2) is 0 Å². The number of esters is 3. The molecule has 0 aromatic carbocycles. The van der Waals surface area contributed by atoms with Crippen LogP contribution in [-0.4, -0.2) is 37.2 Å². The average Bonchev–Trinajstić information content (AvgIpc) is 3.43. The van der Waals surface area contributed by atoms with Gasteiger partial charge in [0.2, 0.25) is 0 Å². The zero-order valence-electron chi connectivity index (χ0n) is 51.2. The Bertz CT molecular complexity index is 1420. The summed E-state index contributed by atoms with van der Waals surface area (Å²) in [5.41, 5.74) is 0. The van der Waals surface area contributed by atoms with Crippen LogP contribution in [0.5, 0.6) is 0 Å². The lowest BCUT2D eigenvalue weighted by Crippen LogP contribution is -2.30. The first-order valence-electron chi connectivity index (χ1n) is 33.4. The van der Waals surface area contributed by atoms with Crippen LogP contribution >= 0.6 is 0 Å². The molecular formula is C71H126O6. The van der Waals surface area contributed by atoms with E-state index in [1.807, 2.05) is 0 Å². The van der Waals surface area contributed by atoms with Gasteiger partial charge in [-0.2, -0.15) is 0 Å². The lowest BCUT2D eigenvalue weighted by molar-refractivity contribution is -0.167. The predicted molar refractivity (Wildman–Crippen MR) is 335 cm³/mol. The van der Waals surface area contributed by atoms with Crippen molar-refractivity contribution < 1.29 is 28.6 Å². The molecule has 0 saturated carbocycles. The summed E-state index contributed by atoms with van der Waals surface area (Å²) < 4.78 is 16.9. The quantitative estimate of drug-likeness (QED) is 0.0261. The van der Waals surface area contributed by atoms with Gasteiger partial charge in [0.15, 0.2) is 6.10 Å². The number of ether oxygens (including phenoxy) is 3. The van der Waals surface area contributed by atoms with Crippen LogP contribution in [0.4, 0.5) is 0 Å². The zero-order chi connectivity index (χ0) is 55.7. The molecule has 0 fully saturated rings. The average molecular weight is 1080 g/mol. The molecule has 0 spiro atoms. The van der Waals surface area contributed by atoms with Crippen molar-refractivity contribution in [1.29, 1.82) is 0 Å². The van der Waals surface area contributed by atoms with E-state index in [9.17, 15) is 14.4 Å². The first-order valence-corrected chi connectivity index (χ1v) is 33.4. The molecule has 6 nitrogen and oxygen atoms in total. The van der Waals surface area contributed by atoms with Gasteiger partial charge in [0.05, 0.1) is 0 Å². The van der Waals surface area contributed by atoms with Crippen LogP contribution in [0, 0.1) is 0 Å². The summed E-state index contributed by atoms with van der Waals surface area (Å²) in [7, 11) is 0. The molecule has 0 bridgehead atoms. The lowest BCUT2D eigenvalue weighted by Gasteiger charge is -2.18. The van der Waals surface area contributed by atoms with Crippen molar-refractivity contribution in [2.45, 2.75) is 348 Å². The summed E-state index contributed by atoms with van der Waals surface area (Å²) in [5.74, 6) is -0.876. The maximum Gasteiger partial charge on any atom is 0.306 e. The van der Waals surface area contributed by atoms with Crippen molar-refractivity contribution in [3.05, 3.63) is 72.9 Å². The second-order valence-corrected chi connectivity index (χ2v) is 22.4. The summed E-state index contributed by atoms with van der Waals surface area (Å²) in [4.78, 5) is 38.2. The highest BCUT2D eigenvalue weighted by atomic mass is 16.6. The van der Waals surface area contributed by atoms with Gasteiger partial charge in [-0.1, -0.05) is 325 Å². The van der Waals surface area contributed by atoms with Crippen LogP contribution in [-0.2, 0) is 28.6 Å². The van der Waals surface area contributed by atoms with E-state index in [4.69, 9.17) is 14.2 Å². The fourth-order valence-electron chi connectivity index (χ4n) is 9.74. The maximum absolute atomic E-state index is 12.9. The van der Waals surface area contributed by atoms with E-state index in [1.54, 1.807) is 0 Å². The summed E-state index contributed by atoms with van der Waals surface area (Å²) >= 11 is 0. The molecule has 0 aromatic heterocycles. The predicted octanol–water partition coefficient (Wildman–Crippen LogP) is 22.9. The van der Waals surface area contributed by atoms with Crippen LogP contribution < -0.4 is 0 Å². The third-order valence-corrected chi connectivity index (χ3v) is 14.7. The summed E-state index contributed by atoms with van der Waals surface area (Å²) in [6.45, 7) is 6.54. The Hall–Kier alpha value is -3.15. The Morgan fingerprint density at radius 3 is 0.792 bits per heavy atom. The number of hydrogen-bond acceptors (Lipinski definition) is 6. The second kappa shape index (κ2) is 65.4. The van der Waals surface area contributed by atoms with Gasteiger partial charge in [-0.15, -0.1) is 0 Å². The van der Waals surface area contributed by atoms with Crippen molar-refractivity contribution in [3.8, 4) is 0 Å². The molecule has 0 aliphatic heterocycles. The van der Waals surface area contributed by atoms with Gasteiger partial charge in [0, 0.05) is 19.3 Å². The molecule has 446 valence electrons. The van der Waals surface area contributed by atoms with Crippen LogP contribution in [0.2, 0.25) is 0 Å². The Morgan fingerprint density at radius 1 is 0.273 bits per heavy atom. The number of allylic oxidation sites excluding steroid dienone is 12. The standard InChI is InChI=1S/C71H126O6/c1-4-7-10-13-16-19-21-23-25-27-29-31-33-35-37-39-41-43-45-47-49-52-55-58-61-64-70(73)76-67-68(66-75-69(72)63-60-57-54-51-18-15-12-9-6-3)77-71(74)65-62-59-56-53-50-48-46-44-42-40-38-36-34-32-30-28-26-24-22-20-17-14-11-8-5-2/h7,10,16,19,23,25,29,31,35,37,41,43,68H,4-6,8-9,11-15,17-18,20-22,24,26-28,30,32-34,36,38-40,42,44-67H2,1-3H3/b10-7-,19-16-,25-23-,31-29-,37-35-,43-41-. The molecule has 0 saturated heterocycles. The van der Waals surface area contributed by atoms with Gasteiger partial charge >= 0.3 is 17.9 Å². The van der Waals surface area contributed by atoms with E-state index >= 15 is 0 Å². The van der Waals surface area contributed by atoms with E-state index in [2.05, 4.69) is 93.7 Å². The smallest absolute Gasteiger partial charge is 0.306 e. The molecule has 0 amide bonds. The van der Waals surface area contributed by atoms with Gasteiger partial charge < -0.3 is 14.2 Å². The monoisotopic (exact) mass is 1070 g/mol. The maximum atomic E-state index is 12.9. The highest BCUT2D eigenvalue weighted by molar-refractivity contribution is 5.71. The fraction of sp³-hybridized carbons (Fsp3) is 0.789. The fourth-order valence-corrected chi connectivity index (χ4v) is 9.74. The third kappa shape index (κ3) is 63.6. The topological polar surface area (TPSA) is 78.9 Å². The number of hydrogen-bond donors (Lipinski definition) is 0. The zero-order valence-corrected chi connectivity index (χ0v) is 51.2. The molecule has 0 heterocycles. The molecule has 0 N–H and O–H groups in total. The molecule has 0 aliphatic carbocycles. The molecule has 77 heavy (non-hydrogen) atoms. The van der Waals surface area contributed by atoms with Crippen molar-refractivity contribution in [3.63, 3.8) is 0 Å². The number of rotatable bonds is 61. The van der Waals surface area contributed by atoms with E-state index in [-0.39, 0.29) is 31.1 Å². The van der Waals surface area contributed by atoms with E-state index in [1.165, 1.54) is 199 Å².